The van der Waals surface area contributed by atoms with Crippen LogP contribution in [0.1, 0.15) is 19.3 Å². The maximum Gasteiger partial charge on any atom is 0.233 e. The molecule has 2 fully saturated rings. The Bertz CT molecular complexity index is 591. The van der Waals surface area contributed by atoms with E-state index in [0.717, 1.165) is 4.47 Å². The van der Waals surface area contributed by atoms with Gasteiger partial charge in [0.1, 0.15) is 6.42 Å². The fraction of sp³-hybridized carbons (Fsp3) is 0.500. The van der Waals surface area contributed by atoms with Gasteiger partial charge in [-0.1, -0.05) is 22.0 Å². The largest absolute Gasteiger partial charge is 0.347 e. The van der Waals surface area contributed by atoms with Crippen molar-refractivity contribution < 1.29 is 19.1 Å². The number of halogens is 1. The second-order valence-corrected chi connectivity index (χ2v) is 6.64. The van der Waals surface area contributed by atoms with Crippen LogP contribution in [0.2, 0.25) is 0 Å². The standard InChI is InChI=1S/C16H19BrN2O4/c17-12-2-1-3-13(10-12)18-14(20)11-15(21)19-6-4-16(5-7-19)22-8-9-23-16/h1-3,10H,4-9,11H2,(H,18,20). The normalized spacial score (nSPS) is 19.8. The van der Waals surface area contributed by atoms with Crippen molar-refractivity contribution in [3.8, 4) is 0 Å². The number of anilines is 1. The highest BCUT2D eigenvalue weighted by Crippen LogP contribution is 2.31. The van der Waals surface area contributed by atoms with Crippen LogP contribution >= 0.6 is 15.9 Å². The number of ether oxygens (including phenoxy) is 2. The lowest BCUT2D eigenvalue weighted by atomic mass is 10.0. The van der Waals surface area contributed by atoms with E-state index in [2.05, 4.69) is 21.2 Å². The molecule has 1 aromatic carbocycles. The zero-order valence-corrected chi connectivity index (χ0v) is 14.3. The van der Waals surface area contributed by atoms with E-state index in [1.54, 1.807) is 17.0 Å². The van der Waals surface area contributed by atoms with Crippen LogP contribution in [0.3, 0.4) is 0 Å². The highest BCUT2D eigenvalue weighted by Gasteiger charge is 2.40. The van der Waals surface area contributed by atoms with E-state index in [0.29, 0.717) is 44.8 Å². The van der Waals surface area contributed by atoms with Crippen molar-refractivity contribution in [1.29, 1.82) is 0 Å². The molecule has 1 spiro atoms. The van der Waals surface area contributed by atoms with E-state index >= 15 is 0 Å². The first kappa shape index (κ1) is 16.4. The molecule has 0 bridgehead atoms. The summed E-state index contributed by atoms with van der Waals surface area (Å²) in [5.41, 5.74) is 0.669. The van der Waals surface area contributed by atoms with Gasteiger partial charge in [-0.2, -0.15) is 0 Å². The monoisotopic (exact) mass is 382 g/mol. The second-order valence-electron chi connectivity index (χ2n) is 5.72. The highest BCUT2D eigenvalue weighted by molar-refractivity contribution is 9.10. The summed E-state index contributed by atoms with van der Waals surface area (Å²) in [6.07, 6.45) is 1.17. The number of amides is 2. The van der Waals surface area contributed by atoms with Crippen molar-refractivity contribution in [3.63, 3.8) is 0 Å². The second kappa shape index (κ2) is 6.98. The van der Waals surface area contributed by atoms with Gasteiger partial charge < -0.3 is 19.7 Å². The topological polar surface area (TPSA) is 67.9 Å². The van der Waals surface area contributed by atoms with Crippen LogP contribution in [0.25, 0.3) is 0 Å². The summed E-state index contributed by atoms with van der Waals surface area (Å²) in [5, 5.41) is 2.74. The lowest BCUT2D eigenvalue weighted by molar-refractivity contribution is -0.187. The van der Waals surface area contributed by atoms with E-state index < -0.39 is 5.79 Å². The number of hydrogen-bond donors (Lipinski definition) is 1. The minimum Gasteiger partial charge on any atom is -0.347 e. The molecule has 6 nitrogen and oxygen atoms in total. The maximum atomic E-state index is 12.2. The molecule has 0 aliphatic carbocycles. The van der Waals surface area contributed by atoms with Gasteiger partial charge in [-0.05, 0) is 18.2 Å². The number of nitrogens with zero attached hydrogens (tertiary/aromatic N) is 1. The van der Waals surface area contributed by atoms with Gasteiger partial charge in [0, 0.05) is 36.1 Å². The molecular formula is C16H19BrN2O4. The summed E-state index contributed by atoms with van der Waals surface area (Å²) in [6.45, 7) is 2.35. The third kappa shape index (κ3) is 4.10. The van der Waals surface area contributed by atoms with Crippen LogP contribution in [-0.2, 0) is 19.1 Å². The summed E-state index contributed by atoms with van der Waals surface area (Å²) in [7, 11) is 0. The van der Waals surface area contributed by atoms with Crippen LogP contribution in [0.4, 0.5) is 5.69 Å². The van der Waals surface area contributed by atoms with Crippen molar-refractivity contribution >= 4 is 33.4 Å². The minimum absolute atomic E-state index is 0.152. The first-order valence-electron chi connectivity index (χ1n) is 7.67. The fourth-order valence-corrected chi connectivity index (χ4v) is 3.30. The van der Waals surface area contributed by atoms with Crippen LogP contribution in [0, 0.1) is 0 Å². The number of rotatable bonds is 3. The third-order valence-electron chi connectivity index (χ3n) is 4.11. The van der Waals surface area contributed by atoms with E-state index in [9.17, 15) is 9.59 Å². The number of piperidine rings is 1. The Morgan fingerprint density at radius 2 is 1.91 bits per heavy atom. The van der Waals surface area contributed by atoms with E-state index in [-0.39, 0.29) is 18.2 Å². The quantitative estimate of drug-likeness (QED) is 0.813. The molecule has 7 heteroatoms. The Balaban J connectivity index is 1.48. The molecule has 0 unspecified atom stereocenters. The summed E-state index contributed by atoms with van der Waals surface area (Å²) >= 11 is 3.34. The van der Waals surface area contributed by atoms with Crippen molar-refractivity contribution in [2.45, 2.75) is 25.0 Å². The Kier molecular flexibility index (Phi) is 4.99. The van der Waals surface area contributed by atoms with Crippen molar-refractivity contribution in [2.24, 2.45) is 0 Å². The summed E-state index contributed by atoms with van der Waals surface area (Å²) in [4.78, 5) is 26.0. The molecule has 0 saturated carbocycles. The number of carbonyl (C=O) groups is 2. The average molecular weight is 383 g/mol. The number of nitrogens with one attached hydrogen (secondary N) is 1. The van der Waals surface area contributed by atoms with Crippen LogP contribution < -0.4 is 5.32 Å². The van der Waals surface area contributed by atoms with Gasteiger partial charge in [0.05, 0.1) is 13.2 Å². The molecule has 1 aromatic rings. The lowest BCUT2D eigenvalue weighted by Crippen LogP contribution is -2.47. The number of hydrogen-bond acceptors (Lipinski definition) is 4. The molecule has 2 heterocycles. The Morgan fingerprint density at radius 1 is 1.22 bits per heavy atom. The Labute approximate surface area is 143 Å². The molecule has 3 rings (SSSR count). The first-order chi connectivity index (χ1) is 11.1. The van der Waals surface area contributed by atoms with E-state index in [1.807, 2.05) is 12.1 Å². The SMILES string of the molecule is O=C(CC(=O)N1CCC2(CC1)OCCO2)Nc1cccc(Br)c1. The molecule has 2 amide bonds. The lowest BCUT2D eigenvalue weighted by Gasteiger charge is -2.37. The molecule has 0 aromatic heterocycles. The van der Waals surface area contributed by atoms with Gasteiger partial charge in [-0.3, -0.25) is 9.59 Å². The number of carbonyl (C=O) groups excluding carboxylic acids is 2. The summed E-state index contributed by atoms with van der Waals surface area (Å²) < 4.78 is 12.1. The van der Waals surface area contributed by atoms with E-state index in [1.165, 1.54) is 0 Å². The highest BCUT2D eigenvalue weighted by atomic mass is 79.9. The molecule has 0 atom stereocenters. The van der Waals surface area contributed by atoms with E-state index in [4.69, 9.17) is 9.47 Å². The minimum atomic E-state index is -0.505. The average Bonchev–Trinajstić information content (AvgIpc) is 2.96. The van der Waals surface area contributed by atoms with Gasteiger partial charge in [-0.15, -0.1) is 0 Å². The third-order valence-corrected chi connectivity index (χ3v) is 4.60. The molecule has 2 saturated heterocycles. The van der Waals surface area contributed by atoms with Gasteiger partial charge in [0.15, 0.2) is 5.79 Å². The van der Waals surface area contributed by atoms with Gasteiger partial charge >= 0.3 is 0 Å². The maximum absolute atomic E-state index is 12.2. The predicted octanol–water partition coefficient (Wildman–Crippen LogP) is 2.14. The summed E-state index contributed by atoms with van der Waals surface area (Å²) in [6, 6.07) is 7.28. The molecule has 2 aliphatic rings. The zero-order chi connectivity index (χ0) is 16.3. The predicted molar refractivity (Wildman–Crippen MR) is 87.8 cm³/mol. The summed E-state index contributed by atoms with van der Waals surface area (Å²) in [5.74, 6) is -0.970. The fourth-order valence-electron chi connectivity index (χ4n) is 2.90. The number of likely N-dealkylation sites (tertiary alicyclic amines) is 1. The molecule has 124 valence electrons. The van der Waals surface area contributed by atoms with Crippen molar-refractivity contribution in [1.82, 2.24) is 4.90 Å². The first-order valence-corrected chi connectivity index (χ1v) is 8.47. The van der Waals surface area contributed by atoms with Gasteiger partial charge in [0.2, 0.25) is 11.8 Å². The van der Waals surface area contributed by atoms with Crippen LogP contribution in [0.5, 0.6) is 0 Å². The van der Waals surface area contributed by atoms with Crippen molar-refractivity contribution in [3.05, 3.63) is 28.7 Å². The number of benzene rings is 1. The smallest absolute Gasteiger partial charge is 0.233 e. The molecule has 2 aliphatic heterocycles. The van der Waals surface area contributed by atoms with Gasteiger partial charge in [0.25, 0.3) is 0 Å². The molecule has 0 radical (unpaired) electrons. The zero-order valence-electron chi connectivity index (χ0n) is 12.7. The Hall–Kier alpha value is -1.44. The van der Waals surface area contributed by atoms with Crippen molar-refractivity contribution in [2.75, 3.05) is 31.6 Å². The molecule has 23 heavy (non-hydrogen) atoms. The van der Waals surface area contributed by atoms with Gasteiger partial charge in [-0.25, -0.2) is 0 Å². The van der Waals surface area contributed by atoms with Crippen LogP contribution in [0.15, 0.2) is 28.7 Å². The molecule has 1 N–H and O–H groups in total. The Morgan fingerprint density at radius 3 is 2.57 bits per heavy atom. The molecular weight excluding hydrogens is 364 g/mol. The van der Waals surface area contributed by atoms with Crippen LogP contribution in [-0.4, -0.2) is 48.8 Å².